The van der Waals surface area contributed by atoms with Gasteiger partial charge in [0, 0.05) is 10.0 Å². The van der Waals surface area contributed by atoms with Gasteiger partial charge in [-0.3, -0.25) is 9.69 Å². The van der Waals surface area contributed by atoms with E-state index in [0.717, 1.165) is 10.0 Å². The van der Waals surface area contributed by atoms with Crippen LogP contribution >= 0.6 is 39.9 Å². The summed E-state index contributed by atoms with van der Waals surface area (Å²) in [5.41, 5.74) is 1.45. The van der Waals surface area contributed by atoms with Crippen molar-refractivity contribution in [2.75, 3.05) is 6.61 Å². The molecular formula is C19H12BrFN2O2S2. The first-order valence-electron chi connectivity index (χ1n) is 7.77. The van der Waals surface area contributed by atoms with Crippen LogP contribution in [0.15, 0.2) is 51.8 Å². The summed E-state index contributed by atoms with van der Waals surface area (Å²) in [5.74, 6) is -0.0484. The number of hydrogen-bond donors (Lipinski definition) is 0. The predicted octanol–water partition coefficient (Wildman–Crippen LogP) is 4.89. The van der Waals surface area contributed by atoms with Crippen molar-refractivity contribution in [1.29, 1.82) is 5.26 Å². The minimum atomic E-state index is -0.330. The molecule has 1 aliphatic heterocycles. The Morgan fingerprint density at radius 3 is 2.74 bits per heavy atom. The van der Waals surface area contributed by atoms with Gasteiger partial charge in [0.15, 0.2) is 6.61 Å². The molecule has 0 unspecified atom stereocenters. The Labute approximate surface area is 173 Å². The zero-order valence-corrected chi connectivity index (χ0v) is 17.0. The first-order valence-corrected chi connectivity index (χ1v) is 9.79. The van der Waals surface area contributed by atoms with Gasteiger partial charge in [0.25, 0.3) is 5.91 Å². The second kappa shape index (κ2) is 8.65. The van der Waals surface area contributed by atoms with Crippen molar-refractivity contribution in [1.82, 2.24) is 4.90 Å². The summed E-state index contributed by atoms with van der Waals surface area (Å²) in [6.07, 6.45) is 1.70. The van der Waals surface area contributed by atoms with Crippen LogP contribution in [0.2, 0.25) is 0 Å². The number of benzene rings is 2. The van der Waals surface area contributed by atoms with Gasteiger partial charge in [-0.25, -0.2) is 4.39 Å². The van der Waals surface area contributed by atoms with Crippen molar-refractivity contribution in [3.63, 3.8) is 0 Å². The molecule has 1 fully saturated rings. The fraction of sp³-hybridized carbons (Fsp3) is 0.105. The highest BCUT2D eigenvalue weighted by Gasteiger charge is 2.32. The summed E-state index contributed by atoms with van der Waals surface area (Å²) in [6, 6.07) is 13.2. The maximum atomic E-state index is 13.1. The molecule has 1 aliphatic rings. The van der Waals surface area contributed by atoms with Crippen LogP contribution in [0.25, 0.3) is 6.08 Å². The summed E-state index contributed by atoms with van der Waals surface area (Å²) >= 11 is 9.92. The highest BCUT2D eigenvalue weighted by atomic mass is 79.9. The molecule has 2 aromatic rings. The molecule has 0 aliphatic carbocycles. The van der Waals surface area contributed by atoms with E-state index in [1.54, 1.807) is 36.4 Å². The van der Waals surface area contributed by atoms with E-state index in [1.165, 1.54) is 28.8 Å². The van der Waals surface area contributed by atoms with Crippen molar-refractivity contribution in [2.45, 2.75) is 6.54 Å². The average Bonchev–Trinajstić information content (AvgIpc) is 2.90. The molecule has 1 saturated heterocycles. The predicted molar refractivity (Wildman–Crippen MR) is 110 cm³/mol. The van der Waals surface area contributed by atoms with Gasteiger partial charge in [-0.15, -0.1) is 0 Å². The number of nitrogens with zero attached hydrogens (tertiary/aromatic N) is 2. The first-order chi connectivity index (χ1) is 13.0. The van der Waals surface area contributed by atoms with Crippen molar-refractivity contribution in [2.24, 2.45) is 0 Å². The van der Waals surface area contributed by atoms with Gasteiger partial charge in [-0.05, 0) is 42.0 Å². The van der Waals surface area contributed by atoms with Gasteiger partial charge in [-0.1, -0.05) is 52.0 Å². The molecule has 136 valence electrons. The molecule has 0 bridgehead atoms. The molecule has 0 spiro atoms. The summed E-state index contributed by atoms with van der Waals surface area (Å²) in [4.78, 5) is 14.7. The molecular weight excluding hydrogens is 451 g/mol. The number of thioether (sulfide) groups is 1. The molecule has 0 N–H and O–H groups in total. The Bertz CT molecular complexity index is 971. The number of carbonyl (C=O) groups excluding carboxylic acids is 1. The maximum Gasteiger partial charge on any atom is 0.266 e. The number of nitriles is 1. The summed E-state index contributed by atoms with van der Waals surface area (Å²) < 4.78 is 19.7. The van der Waals surface area contributed by atoms with Crippen LogP contribution in [-0.4, -0.2) is 21.7 Å². The van der Waals surface area contributed by atoms with E-state index in [2.05, 4.69) is 15.9 Å². The quantitative estimate of drug-likeness (QED) is 0.467. The third kappa shape index (κ3) is 4.75. The van der Waals surface area contributed by atoms with E-state index in [-0.39, 0.29) is 24.9 Å². The Balaban J connectivity index is 1.85. The number of hydrogen-bond acceptors (Lipinski definition) is 5. The van der Waals surface area contributed by atoms with Crippen LogP contribution < -0.4 is 4.74 Å². The number of halogens is 2. The lowest BCUT2D eigenvalue weighted by atomic mass is 10.1. The summed E-state index contributed by atoms with van der Waals surface area (Å²) in [6.45, 7) is 0.187. The lowest BCUT2D eigenvalue weighted by Gasteiger charge is -2.14. The van der Waals surface area contributed by atoms with Crippen molar-refractivity contribution < 1.29 is 13.9 Å². The van der Waals surface area contributed by atoms with Gasteiger partial charge < -0.3 is 4.74 Å². The van der Waals surface area contributed by atoms with Crippen LogP contribution in [0, 0.1) is 17.1 Å². The van der Waals surface area contributed by atoms with Crippen LogP contribution in [0.4, 0.5) is 4.39 Å². The van der Waals surface area contributed by atoms with E-state index >= 15 is 0 Å². The molecule has 27 heavy (non-hydrogen) atoms. The lowest BCUT2D eigenvalue weighted by molar-refractivity contribution is -0.122. The van der Waals surface area contributed by atoms with Crippen molar-refractivity contribution >= 4 is 56.2 Å². The van der Waals surface area contributed by atoms with Crippen molar-refractivity contribution in [3.8, 4) is 11.8 Å². The fourth-order valence-electron chi connectivity index (χ4n) is 2.42. The second-order valence-electron chi connectivity index (χ2n) is 5.52. The van der Waals surface area contributed by atoms with E-state index < -0.39 is 0 Å². The van der Waals surface area contributed by atoms with Gasteiger partial charge in [0.05, 0.1) is 11.4 Å². The zero-order valence-electron chi connectivity index (χ0n) is 13.8. The number of rotatable bonds is 5. The molecule has 2 aromatic carbocycles. The Kier molecular flexibility index (Phi) is 6.26. The Morgan fingerprint density at radius 2 is 2.04 bits per heavy atom. The minimum absolute atomic E-state index is 0.0893. The fourth-order valence-corrected chi connectivity index (χ4v) is 4.05. The van der Waals surface area contributed by atoms with E-state index in [9.17, 15) is 9.18 Å². The largest absolute Gasteiger partial charge is 0.478 e. The average molecular weight is 463 g/mol. The molecule has 0 radical (unpaired) electrons. The molecule has 3 rings (SSSR count). The second-order valence-corrected chi connectivity index (χ2v) is 8.11. The first kappa shape index (κ1) is 19.5. The van der Waals surface area contributed by atoms with E-state index in [1.807, 2.05) is 6.07 Å². The number of ether oxygens (including phenoxy) is 1. The van der Waals surface area contributed by atoms with Gasteiger partial charge in [-0.2, -0.15) is 5.26 Å². The molecule has 0 saturated carbocycles. The van der Waals surface area contributed by atoms with Crippen molar-refractivity contribution in [3.05, 3.63) is 68.8 Å². The van der Waals surface area contributed by atoms with Gasteiger partial charge in [0.2, 0.25) is 0 Å². The van der Waals surface area contributed by atoms with Gasteiger partial charge in [0.1, 0.15) is 22.0 Å². The van der Waals surface area contributed by atoms with Crippen LogP contribution in [-0.2, 0) is 11.3 Å². The summed E-state index contributed by atoms with van der Waals surface area (Å²) in [5, 5.41) is 8.72. The Hall–Kier alpha value is -2.21. The highest BCUT2D eigenvalue weighted by molar-refractivity contribution is 9.10. The molecule has 8 heteroatoms. The molecule has 0 aromatic heterocycles. The highest BCUT2D eigenvalue weighted by Crippen LogP contribution is 2.35. The summed E-state index contributed by atoms with van der Waals surface area (Å²) in [7, 11) is 0. The van der Waals surface area contributed by atoms with Crippen LogP contribution in [0.3, 0.4) is 0 Å². The number of amides is 1. The molecule has 4 nitrogen and oxygen atoms in total. The third-order valence-electron chi connectivity index (χ3n) is 3.68. The Morgan fingerprint density at radius 1 is 1.30 bits per heavy atom. The van der Waals surface area contributed by atoms with E-state index in [4.69, 9.17) is 22.2 Å². The van der Waals surface area contributed by atoms with Crippen LogP contribution in [0.1, 0.15) is 11.1 Å². The normalized spacial score (nSPS) is 15.3. The van der Waals surface area contributed by atoms with Crippen LogP contribution in [0.5, 0.6) is 5.75 Å². The lowest BCUT2D eigenvalue weighted by Crippen LogP contribution is -2.27. The maximum absolute atomic E-state index is 13.1. The van der Waals surface area contributed by atoms with E-state index in [0.29, 0.717) is 20.5 Å². The molecule has 1 heterocycles. The molecule has 0 atom stereocenters. The smallest absolute Gasteiger partial charge is 0.266 e. The van der Waals surface area contributed by atoms with Gasteiger partial charge >= 0.3 is 0 Å². The third-order valence-corrected chi connectivity index (χ3v) is 5.55. The number of carbonyl (C=O) groups is 1. The number of thiocarbonyl (C=S) groups is 1. The minimum Gasteiger partial charge on any atom is -0.478 e. The topological polar surface area (TPSA) is 53.3 Å². The molecule has 1 amide bonds. The standard InChI is InChI=1S/C19H12BrFN2O2S2/c20-14-3-6-16(25-8-7-22)13(9-14)10-17-18(24)23(19(26)27-17)11-12-1-4-15(21)5-2-12/h1-6,9-10H,8,11H2/b17-10-. The zero-order chi connectivity index (χ0) is 19.4. The monoisotopic (exact) mass is 462 g/mol. The SMILES string of the molecule is N#CCOc1ccc(Br)cc1/C=C1\SC(=S)N(Cc2ccc(F)cc2)C1=O.